The number of nitrogens with zero attached hydrogens (tertiary/aromatic N) is 3. The fourth-order valence-corrected chi connectivity index (χ4v) is 4.17. The van der Waals surface area contributed by atoms with Crippen molar-refractivity contribution in [2.75, 3.05) is 11.5 Å². The highest BCUT2D eigenvalue weighted by Gasteiger charge is 2.23. The fraction of sp³-hybridized carbons (Fsp3) is 0.120. The van der Waals surface area contributed by atoms with Gasteiger partial charge in [-0.2, -0.15) is 0 Å². The van der Waals surface area contributed by atoms with Crippen molar-refractivity contribution < 1.29 is 14.5 Å². The second-order valence-corrected chi connectivity index (χ2v) is 8.28. The molecule has 0 saturated heterocycles. The lowest BCUT2D eigenvalue weighted by Gasteiger charge is -2.21. The van der Waals surface area contributed by atoms with E-state index in [-0.39, 0.29) is 18.2 Å². The van der Waals surface area contributed by atoms with Crippen molar-refractivity contribution in [1.82, 2.24) is 4.98 Å². The molecule has 3 aromatic carbocycles. The summed E-state index contributed by atoms with van der Waals surface area (Å²) in [6.07, 6.45) is 0. The molecule has 4 aromatic rings. The van der Waals surface area contributed by atoms with Gasteiger partial charge < -0.3 is 4.74 Å². The summed E-state index contributed by atoms with van der Waals surface area (Å²) in [5.74, 6) is 0.397. The van der Waals surface area contributed by atoms with Gasteiger partial charge in [-0.15, -0.1) is 11.3 Å². The van der Waals surface area contributed by atoms with Gasteiger partial charge in [0.15, 0.2) is 11.7 Å². The summed E-state index contributed by atoms with van der Waals surface area (Å²) < 4.78 is 5.80. The Morgan fingerprint density at radius 2 is 1.82 bits per heavy atom. The number of hydrogen-bond acceptors (Lipinski definition) is 6. The third-order valence-electron chi connectivity index (χ3n) is 5.01. The van der Waals surface area contributed by atoms with Gasteiger partial charge in [0.1, 0.15) is 5.75 Å². The summed E-state index contributed by atoms with van der Waals surface area (Å²) >= 11 is 1.32. The van der Waals surface area contributed by atoms with Gasteiger partial charge in [0.25, 0.3) is 11.6 Å². The number of aryl methyl sites for hydroxylation is 2. The number of non-ortho nitro benzene ring substituents is 1. The Morgan fingerprint density at radius 1 is 1.06 bits per heavy atom. The molecule has 0 bridgehead atoms. The largest absolute Gasteiger partial charge is 0.483 e. The van der Waals surface area contributed by atoms with Crippen LogP contribution in [0.4, 0.5) is 16.5 Å². The summed E-state index contributed by atoms with van der Waals surface area (Å²) in [6, 6.07) is 21.3. The van der Waals surface area contributed by atoms with Crippen LogP contribution in [0, 0.1) is 24.0 Å². The van der Waals surface area contributed by atoms with Gasteiger partial charge >= 0.3 is 0 Å². The number of nitro benzene ring substituents is 1. The average molecular weight is 460 g/mol. The van der Waals surface area contributed by atoms with Crippen molar-refractivity contribution in [3.8, 4) is 17.0 Å². The molecule has 0 saturated carbocycles. The number of benzene rings is 3. The van der Waals surface area contributed by atoms with Crippen LogP contribution in [-0.2, 0) is 4.79 Å². The second-order valence-electron chi connectivity index (χ2n) is 7.44. The van der Waals surface area contributed by atoms with Crippen LogP contribution in [0.2, 0.25) is 0 Å². The zero-order chi connectivity index (χ0) is 23.4. The first-order valence-corrected chi connectivity index (χ1v) is 11.1. The van der Waals surface area contributed by atoms with Gasteiger partial charge in [-0.3, -0.25) is 19.8 Å². The number of anilines is 2. The topological polar surface area (TPSA) is 85.6 Å². The third kappa shape index (κ3) is 5.07. The molecule has 0 spiro atoms. The minimum Gasteiger partial charge on any atom is -0.483 e. The molecule has 33 heavy (non-hydrogen) atoms. The molecule has 8 heteroatoms. The molecule has 0 aliphatic carbocycles. The number of rotatable bonds is 7. The lowest BCUT2D eigenvalue weighted by Crippen LogP contribution is -2.31. The second kappa shape index (κ2) is 9.62. The molecule has 1 amide bonds. The van der Waals surface area contributed by atoms with Crippen LogP contribution < -0.4 is 9.64 Å². The van der Waals surface area contributed by atoms with E-state index in [0.29, 0.717) is 22.3 Å². The zero-order valence-electron chi connectivity index (χ0n) is 18.1. The maximum absolute atomic E-state index is 13.3. The lowest BCUT2D eigenvalue weighted by atomic mass is 10.1. The van der Waals surface area contributed by atoms with Crippen LogP contribution in [0.5, 0.6) is 5.75 Å². The Morgan fingerprint density at radius 3 is 2.52 bits per heavy atom. The SMILES string of the molecule is Cc1cccc(N(C(=O)COc2ccccc2C)c2nc(-c3ccc([N+](=O)[O-])cc3)cs2)c1. The molecular formula is C25H21N3O4S. The maximum atomic E-state index is 13.3. The summed E-state index contributed by atoms with van der Waals surface area (Å²) in [5, 5.41) is 13.2. The van der Waals surface area contributed by atoms with Crippen molar-refractivity contribution in [3.05, 3.63) is 99.4 Å². The summed E-state index contributed by atoms with van der Waals surface area (Å²) in [7, 11) is 0. The molecule has 0 fully saturated rings. The summed E-state index contributed by atoms with van der Waals surface area (Å²) in [5.41, 5.74) is 4.03. The Bertz CT molecular complexity index is 1300. The molecule has 0 N–H and O–H groups in total. The van der Waals surface area contributed by atoms with Crippen LogP contribution in [-0.4, -0.2) is 22.4 Å². The molecule has 166 valence electrons. The Balaban J connectivity index is 1.63. The first-order chi connectivity index (χ1) is 15.9. The highest BCUT2D eigenvalue weighted by Crippen LogP contribution is 2.33. The summed E-state index contributed by atoms with van der Waals surface area (Å²) in [6.45, 7) is 3.74. The van der Waals surface area contributed by atoms with E-state index in [0.717, 1.165) is 16.7 Å². The van der Waals surface area contributed by atoms with Gasteiger partial charge in [0.05, 0.1) is 16.3 Å². The van der Waals surface area contributed by atoms with E-state index < -0.39 is 4.92 Å². The molecule has 0 radical (unpaired) electrons. The van der Waals surface area contributed by atoms with E-state index in [1.165, 1.54) is 23.5 Å². The van der Waals surface area contributed by atoms with Gasteiger partial charge in [0.2, 0.25) is 0 Å². The highest BCUT2D eigenvalue weighted by atomic mass is 32.1. The molecule has 0 aliphatic heterocycles. The van der Waals surface area contributed by atoms with E-state index in [1.807, 2.05) is 67.8 Å². The van der Waals surface area contributed by atoms with Crippen LogP contribution in [0.1, 0.15) is 11.1 Å². The predicted molar refractivity (Wildman–Crippen MR) is 129 cm³/mol. The molecule has 1 aromatic heterocycles. The number of para-hydroxylation sites is 1. The number of amides is 1. The molecule has 0 atom stereocenters. The Kier molecular flexibility index (Phi) is 6.46. The van der Waals surface area contributed by atoms with Gasteiger partial charge in [-0.05, 0) is 55.3 Å². The quantitative estimate of drug-likeness (QED) is 0.247. The van der Waals surface area contributed by atoms with Crippen molar-refractivity contribution in [2.45, 2.75) is 13.8 Å². The smallest absolute Gasteiger partial charge is 0.271 e. The Labute approximate surface area is 195 Å². The van der Waals surface area contributed by atoms with E-state index >= 15 is 0 Å². The molecule has 1 heterocycles. The number of hydrogen-bond donors (Lipinski definition) is 0. The van der Waals surface area contributed by atoms with Crippen molar-refractivity contribution >= 4 is 33.8 Å². The van der Waals surface area contributed by atoms with E-state index in [9.17, 15) is 14.9 Å². The third-order valence-corrected chi connectivity index (χ3v) is 5.84. The Hall–Kier alpha value is -4.04. The highest BCUT2D eigenvalue weighted by molar-refractivity contribution is 7.14. The molecule has 4 rings (SSSR count). The molecule has 0 unspecified atom stereocenters. The summed E-state index contributed by atoms with van der Waals surface area (Å²) in [4.78, 5) is 30.0. The van der Waals surface area contributed by atoms with E-state index in [4.69, 9.17) is 4.74 Å². The number of carbonyl (C=O) groups excluding carboxylic acids is 1. The molecule has 0 aliphatic rings. The van der Waals surface area contributed by atoms with Crippen LogP contribution in [0.25, 0.3) is 11.3 Å². The van der Waals surface area contributed by atoms with Gasteiger partial charge in [-0.1, -0.05) is 30.3 Å². The number of carbonyl (C=O) groups is 1. The minimum absolute atomic E-state index is 0.0131. The van der Waals surface area contributed by atoms with Gasteiger partial charge in [-0.25, -0.2) is 4.98 Å². The lowest BCUT2D eigenvalue weighted by molar-refractivity contribution is -0.384. The molecular weight excluding hydrogens is 438 g/mol. The minimum atomic E-state index is -0.442. The number of ether oxygens (including phenoxy) is 1. The predicted octanol–water partition coefficient (Wildman–Crippen LogP) is 6.08. The fourth-order valence-electron chi connectivity index (χ4n) is 3.30. The number of aromatic nitrogens is 1. The van der Waals surface area contributed by atoms with Crippen molar-refractivity contribution in [2.24, 2.45) is 0 Å². The van der Waals surface area contributed by atoms with E-state index in [2.05, 4.69) is 4.98 Å². The van der Waals surface area contributed by atoms with E-state index in [1.54, 1.807) is 17.0 Å². The monoisotopic (exact) mass is 459 g/mol. The van der Waals surface area contributed by atoms with Crippen molar-refractivity contribution in [3.63, 3.8) is 0 Å². The van der Waals surface area contributed by atoms with Crippen LogP contribution >= 0.6 is 11.3 Å². The average Bonchev–Trinajstić information content (AvgIpc) is 3.28. The van der Waals surface area contributed by atoms with Gasteiger partial charge in [0, 0.05) is 23.1 Å². The van der Waals surface area contributed by atoms with Crippen LogP contribution in [0.3, 0.4) is 0 Å². The zero-order valence-corrected chi connectivity index (χ0v) is 18.9. The first kappa shape index (κ1) is 22.2. The number of nitro groups is 1. The normalized spacial score (nSPS) is 10.6. The standard InChI is InChI=1S/C25H21N3O4S/c1-17-6-5-8-21(14-17)27(24(29)15-32-23-9-4-3-7-18(23)2)25-26-22(16-33-25)19-10-12-20(13-11-19)28(30)31/h3-14,16H,15H2,1-2H3. The van der Waals surface area contributed by atoms with Crippen molar-refractivity contribution in [1.29, 1.82) is 0 Å². The number of thiazole rings is 1. The maximum Gasteiger partial charge on any atom is 0.271 e. The molecule has 7 nitrogen and oxygen atoms in total. The van der Waals surface area contributed by atoms with Crippen LogP contribution in [0.15, 0.2) is 78.2 Å². The first-order valence-electron chi connectivity index (χ1n) is 10.2.